The predicted molar refractivity (Wildman–Crippen MR) is 82.5 cm³/mol. The van der Waals surface area contributed by atoms with Crippen molar-refractivity contribution in [3.63, 3.8) is 0 Å². The van der Waals surface area contributed by atoms with Gasteiger partial charge in [-0.05, 0) is 50.0 Å². The van der Waals surface area contributed by atoms with E-state index in [9.17, 15) is 4.79 Å². The number of carbonyl (C=O) groups is 1. The first-order valence-electron chi connectivity index (χ1n) is 11.3. The highest BCUT2D eigenvalue weighted by Crippen LogP contribution is 2.21. The summed E-state index contributed by atoms with van der Waals surface area (Å²) in [5.41, 5.74) is -0.479. The molecule has 1 aromatic carbocycles. The van der Waals surface area contributed by atoms with Gasteiger partial charge in [-0.2, -0.15) is 0 Å². The number of likely N-dealkylation sites (N-methyl/N-ethyl adjacent to an activating group) is 1. The zero-order valence-electron chi connectivity index (χ0n) is 21.4. The number of cyclic esters (lactones) is 1. The molecule has 5 nitrogen and oxygen atoms in total. The Morgan fingerprint density at radius 3 is 3.33 bits per heavy atom. The van der Waals surface area contributed by atoms with E-state index in [2.05, 4.69) is 10.3 Å². The number of benzene rings is 1. The molecule has 1 saturated heterocycles. The van der Waals surface area contributed by atoms with E-state index in [4.69, 9.17) is 18.4 Å². The normalized spacial score (nSPS) is 29.9. The van der Waals surface area contributed by atoms with Gasteiger partial charge in [-0.15, -0.1) is 0 Å². The quantitative estimate of drug-likeness (QED) is 0.886. The molecule has 1 aliphatic rings. The highest BCUT2D eigenvalue weighted by molar-refractivity contribution is 5.84. The molecule has 1 fully saturated rings. The summed E-state index contributed by atoms with van der Waals surface area (Å²) in [5, 5.41) is 2.16. The number of hydrogen-bond acceptors (Lipinski definition) is 3. The van der Waals surface area contributed by atoms with Crippen LogP contribution in [0.25, 0.3) is 10.9 Å². The minimum atomic E-state index is -2.58. The molecular formula is C16H21N3O2. The van der Waals surface area contributed by atoms with Gasteiger partial charge >= 0.3 is 6.09 Å². The van der Waals surface area contributed by atoms with Crippen molar-refractivity contribution in [3.8, 4) is 0 Å². The number of fused-ring (bicyclic) bond motifs is 1. The topological polar surface area (TPSA) is 57.4 Å². The molecule has 1 atom stereocenters. The molecule has 1 aromatic heterocycles. The molecule has 2 N–H and O–H groups in total. The van der Waals surface area contributed by atoms with E-state index in [-0.39, 0.29) is 41.1 Å². The lowest BCUT2D eigenvalue weighted by Crippen LogP contribution is -2.28. The lowest BCUT2D eigenvalue weighted by atomic mass is 10.0. The van der Waals surface area contributed by atoms with Crippen LogP contribution in [0.15, 0.2) is 24.3 Å². The molecule has 21 heavy (non-hydrogen) atoms. The van der Waals surface area contributed by atoms with Crippen LogP contribution in [0.4, 0.5) is 4.79 Å². The number of alkyl carbamates (subject to hydrolysis) is 1. The Morgan fingerprint density at radius 2 is 2.57 bits per heavy atom. The lowest BCUT2D eigenvalue weighted by molar-refractivity contribution is 0.177. The Kier molecular flexibility index (Phi) is 1.76. The second-order valence-corrected chi connectivity index (χ2v) is 4.74. The maximum Gasteiger partial charge on any atom is 0.407 e. The number of hydrogen-bond donors (Lipinski definition) is 2. The second kappa shape index (κ2) is 5.77. The molecule has 0 bridgehead atoms. The third-order valence-electron chi connectivity index (χ3n) is 2.97. The monoisotopic (exact) mass is 297 g/mol. The fourth-order valence-corrected chi connectivity index (χ4v) is 2.01. The van der Waals surface area contributed by atoms with Crippen LogP contribution in [0.1, 0.15) is 24.8 Å². The van der Waals surface area contributed by atoms with Crippen LogP contribution in [-0.2, 0) is 17.5 Å². The van der Waals surface area contributed by atoms with Crippen molar-refractivity contribution in [3.05, 3.63) is 35.4 Å². The van der Waals surface area contributed by atoms with Crippen molar-refractivity contribution in [2.45, 2.75) is 18.8 Å². The zero-order chi connectivity index (χ0) is 23.5. The smallest absolute Gasteiger partial charge is 0.407 e. The van der Waals surface area contributed by atoms with Gasteiger partial charge in [-0.3, -0.25) is 0 Å². The Labute approximate surface area is 138 Å². The lowest BCUT2D eigenvalue weighted by Gasteiger charge is -2.09. The van der Waals surface area contributed by atoms with E-state index in [1.807, 2.05) is 0 Å². The highest BCUT2D eigenvalue weighted by atomic mass is 16.6. The Hall–Kier alpha value is -2.01. The van der Waals surface area contributed by atoms with Gasteiger partial charge < -0.3 is 19.9 Å². The number of rotatable bonds is 5. The summed E-state index contributed by atoms with van der Waals surface area (Å²) >= 11 is 0. The molecule has 0 aliphatic carbocycles. The molecule has 112 valence electrons. The Morgan fingerprint density at radius 1 is 1.67 bits per heavy atom. The molecule has 0 radical (unpaired) electrons. The van der Waals surface area contributed by atoms with Gasteiger partial charge in [0.1, 0.15) is 6.61 Å². The average Bonchev–Trinajstić information content (AvgIpc) is 3.16. The van der Waals surface area contributed by atoms with E-state index in [1.54, 1.807) is 0 Å². The maximum absolute atomic E-state index is 11.4. The molecule has 2 aromatic rings. The second-order valence-electron chi connectivity index (χ2n) is 4.74. The number of carbonyl (C=O) groups excluding carboxylic acids is 1. The van der Waals surface area contributed by atoms with Crippen molar-refractivity contribution in [2.75, 3.05) is 27.2 Å². The Balaban J connectivity index is 2.17. The summed E-state index contributed by atoms with van der Waals surface area (Å²) in [5.74, 6) is 0. The molecule has 0 unspecified atom stereocenters. The fraction of sp³-hybridized carbons (Fsp3) is 0.438. The van der Waals surface area contributed by atoms with Crippen LogP contribution < -0.4 is 5.32 Å². The third-order valence-corrected chi connectivity index (χ3v) is 2.97. The van der Waals surface area contributed by atoms with Crippen LogP contribution in [0.3, 0.4) is 0 Å². The molecule has 1 amide bonds. The molecule has 0 saturated carbocycles. The number of ether oxygens (including phenoxy) is 1. The molecule has 3 rings (SSSR count). The van der Waals surface area contributed by atoms with Gasteiger partial charge in [0.15, 0.2) is 0 Å². The number of nitrogens with one attached hydrogen (secondary N) is 2. The number of H-pyrrole nitrogens is 1. The zero-order valence-corrected chi connectivity index (χ0v) is 11.4. The van der Waals surface area contributed by atoms with Crippen LogP contribution >= 0.6 is 0 Å². The first-order valence-corrected chi connectivity index (χ1v) is 6.35. The third kappa shape index (κ3) is 3.19. The van der Waals surface area contributed by atoms with Gasteiger partial charge in [0.05, 0.1) is 12.9 Å². The van der Waals surface area contributed by atoms with Crippen molar-refractivity contribution >= 4 is 17.0 Å². The maximum atomic E-state index is 11.4. The van der Waals surface area contributed by atoms with Crippen molar-refractivity contribution in [1.29, 1.82) is 0 Å². The first kappa shape index (κ1) is 6.40. The largest absolute Gasteiger partial charge is 0.447 e. The summed E-state index contributed by atoms with van der Waals surface area (Å²) in [6.07, 6.45) is -3.98. The van der Waals surface area contributed by atoms with E-state index >= 15 is 0 Å². The Bertz CT molecular complexity index is 1050. The van der Waals surface area contributed by atoms with Gasteiger partial charge in [-0.1, -0.05) is 6.04 Å². The van der Waals surface area contributed by atoms with E-state index in [0.29, 0.717) is 0 Å². The molecule has 2 heterocycles. The van der Waals surface area contributed by atoms with E-state index in [0.717, 1.165) is 4.90 Å². The fourth-order valence-electron chi connectivity index (χ4n) is 2.01. The minimum absolute atomic E-state index is 0.0847. The average molecular weight is 297 g/mol. The molecular weight excluding hydrogens is 266 g/mol. The standard InChI is InChI=1S/C16H21N3O2/c1-19(2)6-5-12-9-17-15-4-3-11(8-14(12)15)7-13-10-21-16(20)18-13/h3-4,8-9,13,17H,5-7,10H2,1-2H3,(H,18,20)/t13-/m0/s1/i1D3,3D,4D,5D2,8D,9D,13D. The van der Waals surface area contributed by atoms with Crippen LogP contribution in [0.5, 0.6) is 0 Å². The molecule has 5 heteroatoms. The number of amides is 1. The van der Waals surface area contributed by atoms with Crippen LogP contribution in [0, 0.1) is 0 Å². The van der Waals surface area contributed by atoms with E-state index < -0.39 is 50.3 Å². The van der Waals surface area contributed by atoms with Crippen molar-refractivity contribution in [1.82, 2.24) is 15.2 Å². The number of nitrogens with zero attached hydrogens (tertiary/aromatic N) is 1. The summed E-state index contributed by atoms with van der Waals surface area (Å²) < 4.78 is 85.5. The van der Waals surface area contributed by atoms with Gasteiger partial charge in [0, 0.05) is 30.5 Å². The predicted octanol–water partition coefficient (Wildman–Crippen LogP) is 1.92. The molecule has 0 spiro atoms. The molecule has 1 aliphatic heterocycles. The first-order chi connectivity index (χ1) is 14.1. The van der Waals surface area contributed by atoms with Gasteiger partial charge in [0.2, 0.25) is 0 Å². The SMILES string of the molecule is [2H]c1[nH]c2c([2H])c([2H])c(C[C@@]3([2H])COC(=O)N3)c([2H])c2c1C([2H])([2H])CN(C)C([2H])([2H])[2H]. The highest BCUT2D eigenvalue weighted by Gasteiger charge is 2.22. The van der Waals surface area contributed by atoms with E-state index in [1.165, 1.54) is 7.05 Å². The number of aromatic amines is 1. The summed E-state index contributed by atoms with van der Waals surface area (Å²) in [7, 11) is 1.21. The van der Waals surface area contributed by atoms with Crippen LogP contribution in [0.2, 0.25) is 0 Å². The summed E-state index contributed by atoms with van der Waals surface area (Å²) in [6, 6.07) is -2.81. The summed E-state index contributed by atoms with van der Waals surface area (Å²) in [6.45, 7) is -3.52. The minimum Gasteiger partial charge on any atom is -0.447 e. The van der Waals surface area contributed by atoms with Crippen LogP contribution in [-0.4, -0.2) is 49.2 Å². The van der Waals surface area contributed by atoms with Crippen molar-refractivity contribution < 1.29 is 23.2 Å². The van der Waals surface area contributed by atoms with Crippen molar-refractivity contribution in [2.24, 2.45) is 0 Å². The van der Waals surface area contributed by atoms with Gasteiger partial charge in [-0.25, -0.2) is 4.79 Å². The van der Waals surface area contributed by atoms with Gasteiger partial charge in [0.25, 0.3) is 0 Å². The summed E-state index contributed by atoms with van der Waals surface area (Å²) in [4.78, 5) is 14.7. The number of aromatic nitrogens is 1.